The molecule has 0 saturated carbocycles. The molecule has 4 heterocycles. The number of fused-ring (bicyclic) bond motifs is 6. The second-order valence-corrected chi connectivity index (χ2v) is 8.98. The van der Waals surface area contributed by atoms with E-state index in [1.165, 1.54) is 11.1 Å². The Labute approximate surface area is 174 Å². The molecule has 0 spiro atoms. The van der Waals surface area contributed by atoms with E-state index in [0.29, 0.717) is 0 Å². The van der Waals surface area contributed by atoms with Crippen LogP contribution in [0.5, 0.6) is 0 Å². The SMILES string of the molecule is CC1(C)c2cccnc2-c2ncc(-c3cnc4c(n3)C(C)(C)c3nccnc3-4)cc21. The largest absolute Gasteiger partial charge is 0.256 e. The van der Waals surface area contributed by atoms with Crippen LogP contribution in [-0.4, -0.2) is 29.9 Å². The highest BCUT2D eigenvalue weighted by molar-refractivity contribution is 5.78. The molecule has 4 aromatic heterocycles. The number of pyridine rings is 2. The molecule has 0 radical (unpaired) electrons. The Hall–Kier alpha value is -3.54. The van der Waals surface area contributed by atoms with Gasteiger partial charge < -0.3 is 0 Å². The Kier molecular flexibility index (Phi) is 3.20. The van der Waals surface area contributed by atoms with E-state index < -0.39 is 0 Å². The Morgan fingerprint density at radius 1 is 0.633 bits per heavy atom. The molecule has 0 saturated heterocycles. The van der Waals surface area contributed by atoms with Gasteiger partial charge in [0.15, 0.2) is 0 Å². The van der Waals surface area contributed by atoms with E-state index in [-0.39, 0.29) is 10.8 Å². The minimum Gasteiger partial charge on any atom is -0.256 e. The zero-order chi connectivity index (χ0) is 20.7. The first-order valence-electron chi connectivity index (χ1n) is 10.0. The van der Waals surface area contributed by atoms with Crippen molar-refractivity contribution >= 4 is 0 Å². The molecule has 0 bridgehead atoms. The minimum absolute atomic E-state index is 0.157. The predicted molar refractivity (Wildman–Crippen MR) is 114 cm³/mol. The average Bonchev–Trinajstić information content (AvgIpc) is 3.14. The third-order valence-corrected chi connectivity index (χ3v) is 6.44. The van der Waals surface area contributed by atoms with Gasteiger partial charge in [-0.25, -0.2) is 4.98 Å². The standard InChI is InChI=1S/C24H20N6/c1-23(2)14-6-5-7-25-17(14)18-15(23)10-13(11-28-18)16-12-29-20-19-21(27-9-8-26-19)24(3,4)22(20)30-16/h5-12H,1-4H3. The van der Waals surface area contributed by atoms with Gasteiger partial charge in [0, 0.05) is 35.8 Å². The van der Waals surface area contributed by atoms with E-state index in [1.54, 1.807) is 12.4 Å². The van der Waals surface area contributed by atoms with Crippen LogP contribution in [0.2, 0.25) is 0 Å². The van der Waals surface area contributed by atoms with E-state index >= 15 is 0 Å². The van der Waals surface area contributed by atoms with Crippen LogP contribution >= 0.6 is 0 Å². The smallest absolute Gasteiger partial charge is 0.113 e. The van der Waals surface area contributed by atoms with Crippen molar-refractivity contribution in [1.29, 1.82) is 0 Å². The molecule has 0 aliphatic heterocycles. The number of hydrogen-bond acceptors (Lipinski definition) is 6. The molecule has 0 atom stereocenters. The lowest BCUT2D eigenvalue weighted by Gasteiger charge is -2.21. The van der Waals surface area contributed by atoms with Crippen LogP contribution in [0.4, 0.5) is 0 Å². The monoisotopic (exact) mass is 392 g/mol. The van der Waals surface area contributed by atoms with Crippen molar-refractivity contribution in [1.82, 2.24) is 29.9 Å². The molecule has 2 aliphatic carbocycles. The van der Waals surface area contributed by atoms with Gasteiger partial charge in [-0.15, -0.1) is 0 Å². The average molecular weight is 392 g/mol. The normalized spacial score (nSPS) is 16.5. The Morgan fingerprint density at radius 2 is 1.33 bits per heavy atom. The van der Waals surface area contributed by atoms with Crippen molar-refractivity contribution in [3.05, 3.63) is 71.7 Å². The number of rotatable bonds is 1. The topological polar surface area (TPSA) is 77.3 Å². The number of nitrogens with zero attached hydrogens (tertiary/aromatic N) is 6. The van der Waals surface area contributed by atoms with Gasteiger partial charge in [0.1, 0.15) is 11.4 Å². The van der Waals surface area contributed by atoms with Crippen molar-refractivity contribution in [3.63, 3.8) is 0 Å². The summed E-state index contributed by atoms with van der Waals surface area (Å²) in [6.07, 6.45) is 8.95. The summed E-state index contributed by atoms with van der Waals surface area (Å²) in [5, 5.41) is 0. The maximum absolute atomic E-state index is 5.02. The van der Waals surface area contributed by atoms with E-state index in [9.17, 15) is 0 Å². The predicted octanol–water partition coefficient (Wildman–Crippen LogP) is 4.34. The van der Waals surface area contributed by atoms with Crippen molar-refractivity contribution < 1.29 is 0 Å². The molecule has 0 aromatic carbocycles. The maximum Gasteiger partial charge on any atom is 0.113 e. The van der Waals surface area contributed by atoms with Crippen molar-refractivity contribution in [2.45, 2.75) is 38.5 Å². The summed E-state index contributed by atoms with van der Waals surface area (Å²) < 4.78 is 0. The van der Waals surface area contributed by atoms with E-state index in [0.717, 1.165) is 45.4 Å². The molecule has 6 rings (SSSR count). The summed E-state index contributed by atoms with van der Waals surface area (Å²) in [6, 6.07) is 6.31. The molecular formula is C24H20N6. The summed E-state index contributed by atoms with van der Waals surface area (Å²) in [4.78, 5) is 28.2. The zero-order valence-electron chi connectivity index (χ0n) is 17.3. The van der Waals surface area contributed by atoms with Crippen LogP contribution in [0.3, 0.4) is 0 Å². The summed E-state index contributed by atoms with van der Waals surface area (Å²) in [6.45, 7) is 8.68. The molecule has 0 N–H and O–H groups in total. The molecule has 0 amide bonds. The fraction of sp³-hybridized carbons (Fsp3) is 0.250. The van der Waals surface area contributed by atoms with Gasteiger partial charge in [-0.1, -0.05) is 19.9 Å². The molecule has 146 valence electrons. The molecule has 2 aliphatic rings. The Morgan fingerprint density at radius 3 is 2.20 bits per heavy atom. The lowest BCUT2D eigenvalue weighted by Crippen LogP contribution is -2.19. The van der Waals surface area contributed by atoms with Gasteiger partial charge in [0.2, 0.25) is 0 Å². The highest BCUT2D eigenvalue weighted by atomic mass is 14.9. The third-order valence-electron chi connectivity index (χ3n) is 6.44. The fourth-order valence-electron chi connectivity index (χ4n) is 4.73. The van der Waals surface area contributed by atoms with Crippen LogP contribution in [-0.2, 0) is 10.8 Å². The van der Waals surface area contributed by atoms with Crippen LogP contribution < -0.4 is 0 Å². The first-order valence-corrected chi connectivity index (χ1v) is 10.0. The van der Waals surface area contributed by atoms with Crippen LogP contribution in [0.25, 0.3) is 34.0 Å². The van der Waals surface area contributed by atoms with Crippen LogP contribution in [0.15, 0.2) is 49.2 Å². The first-order chi connectivity index (χ1) is 14.4. The summed E-state index contributed by atoms with van der Waals surface area (Å²) in [7, 11) is 0. The number of aromatic nitrogens is 6. The highest BCUT2D eigenvalue weighted by Crippen LogP contribution is 2.48. The van der Waals surface area contributed by atoms with E-state index in [1.807, 2.05) is 24.7 Å². The molecular weight excluding hydrogens is 372 g/mol. The molecule has 6 heteroatoms. The van der Waals surface area contributed by atoms with Crippen LogP contribution in [0, 0.1) is 0 Å². The molecule has 6 nitrogen and oxygen atoms in total. The quantitative estimate of drug-likeness (QED) is 0.480. The second-order valence-electron chi connectivity index (χ2n) is 8.98. The Bertz CT molecular complexity index is 1250. The first kappa shape index (κ1) is 17.3. The summed E-state index contributed by atoms with van der Waals surface area (Å²) >= 11 is 0. The molecule has 4 aromatic rings. The van der Waals surface area contributed by atoms with E-state index in [4.69, 9.17) is 15.0 Å². The second kappa shape index (κ2) is 5.53. The maximum atomic E-state index is 5.02. The van der Waals surface area contributed by atoms with Crippen molar-refractivity contribution in [2.75, 3.05) is 0 Å². The molecule has 30 heavy (non-hydrogen) atoms. The highest BCUT2D eigenvalue weighted by Gasteiger charge is 2.41. The lowest BCUT2D eigenvalue weighted by atomic mass is 9.83. The molecule has 0 fully saturated rings. The lowest BCUT2D eigenvalue weighted by molar-refractivity contribution is 0.613. The van der Waals surface area contributed by atoms with Crippen LogP contribution in [0.1, 0.15) is 50.2 Å². The van der Waals surface area contributed by atoms with Gasteiger partial charge >= 0.3 is 0 Å². The summed E-state index contributed by atoms with van der Waals surface area (Å²) in [5.74, 6) is 0. The van der Waals surface area contributed by atoms with Crippen molar-refractivity contribution in [3.8, 4) is 34.0 Å². The van der Waals surface area contributed by atoms with E-state index in [2.05, 4.69) is 54.8 Å². The number of hydrogen-bond donors (Lipinski definition) is 0. The van der Waals surface area contributed by atoms with Gasteiger partial charge in [0.05, 0.1) is 40.1 Å². The van der Waals surface area contributed by atoms with Gasteiger partial charge in [-0.3, -0.25) is 24.9 Å². The van der Waals surface area contributed by atoms with Gasteiger partial charge in [0.25, 0.3) is 0 Å². The Balaban J connectivity index is 1.51. The third kappa shape index (κ3) is 2.08. The molecule has 0 unspecified atom stereocenters. The van der Waals surface area contributed by atoms with Crippen molar-refractivity contribution in [2.24, 2.45) is 0 Å². The fourth-order valence-corrected chi connectivity index (χ4v) is 4.73. The minimum atomic E-state index is -0.342. The van der Waals surface area contributed by atoms with Gasteiger partial charge in [-0.05, 0) is 37.1 Å². The van der Waals surface area contributed by atoms with Gasteiger partial charge in [-0.2, -0.15) is 0 Å². The zero-order valence-corrected chi connectivity index (χ0v) is 17.3. The summed E-state index contributed by atoms with van der Waals surface area (Å²) in [5.41, 5.74) is 9.04.